The fourth-order valence-corrected chi connectivity index (χ4v) is 2.86. The smallest absolute Gasteiger partial charge is 0.410 e. The van der Waals surface area contributed by atoms with Crippen LogP contribution in [0.4, 0.5) is 10.5 Å². The van der Waals surface area contributed by atoms with E-state index in [9.17, 15) is 23.3 Å². The number of sulfone groups is 1. The normalized spacial score (nSPS) is 11.1. The van der Waals surface area contributed by atoms with Crippen molar-refractivity contribution in [2.24, 2.45) is 0 Å². The van der Waals surface area contributed by atoms with Gasteiger partial charge in [-0.1, -0.05) is 12.1 Å². The van der Waals surface area contributed by atoms with Crippen LogP contribution in [0, 0.1) is 10.1 Å². The number of carbonyl (C=O) groups is 1. The number of nitrogens with zero attached hydrogens (tertiary/aromatic N) is 3. The van der Waals surface area contributed by atoms with Crippen LogP contribution in [0.2, 0.25) is 0 Å². The van der Waals surface area contributed by atoms with Gasteiger partial charge in [0.2, 0.25) is 0 Å². The molecule has 0 fully saturated rings. The lowest BCUT2D eigenvalue weighted by Gasteiger charge is -2.03. The van der Waals surface area contributed by atoms with Crippen molar-refractivity contribution in [3.8, 4) is 17.0 Å². The molecule has 0 amide bonds. The number of carbonyl (C=O) groups excluding carboxylic acids is 1. The van der Waals surface area contributed by atoms with Crippen LogP contribution in [0.25, 0.3) is 11.3 Å². The van der Waals surface area contributed by atoms with E-state index >= 15 is 0 Å². The third-order valence-corrected chi connectivity index (χ3v) is 4.75. The van der Waals surface area contributed by atoms with E-state index < -0.39 is 20.9 Å². The van der Waals surface area contributed by atoms with E-state index in [1.165, 1.54) is 48.9 Å². The van der Waals surface area contributed by atoms with Crippen LogP contribution in [0.15, 0.2) is 66.0 Å². The van der Waals surface area contributed by atoms with E-state index in [2.05, 4.69) is 4.98 Å². The first kappa shape index (κ1) is 18.3. The molecule has 0 N–H and O–H groups in total. The highest BCUT2D eigenvalue weighted by Gasteiger charge is 2.13. The molecule has 2 aromatic carbocycles. The summed E-state index contributed by atoms with van der Waals surface area (Å²) in [5.74, 6) is 0.151. The SMILES string of the molecule is CS(=O)(=O)c1ccc(-c2cn(C(=O)Oc3ccc([N+](=O)[O-])cc3)cn2)cc1. The van der Waals surface area contributed by atoms with Gasteiger partial charge in [0.25, 0.3) is 5.69 Å². The molecule has 138 valence electrons. The number of ether oxygens (including phenoxy) is 1. The Morgan fingerprint density at radius 2 is 1.74 bits per heavy atom. The third kappa shape index (κ3) is 4.18. The van der Waals surface area contributed by atoms with Gasteiger partial charge in [-0.05, 0) is 24.3 Å². The zero-order valence-corrected chi connectivity index (χ0v) is 14.8. The number of imidazole rings is 1. The van der Waals surface area contributed by atoms with Gasteiger partial charge in [-0.15, -0.1) is 0 Å². The molecule has 9 nitrogen and oxygen atoms in total. The van der Waals surface area contributed by atoms with Gasteiger partial charge in [-0.25, -0.2) is 22.8 Å². The van der Waals surface area contributed by atoms with E-state index in [4.69, 9.17) is 4.74 Å². The molecule has 0 unspecified atom stereocenters. The molecule has 1 aromatic heterocycles. The first-order valence-corrected chi connectivity index (χ1v) is 9.44. The van der Waals surface area contributed by atoms with Gasteiger partial charge in [0.1, 0.15) is 12.1 Å². The van der Waals surface area contributed by atoms with Gasteiger partial charge in [-0.3, -0.25) is 10.1 Å². The quantitative estimate of drug-likeness (QED) is 0.498. The second-order valence-electron chi connectivity index (χ2n) is 5.58. The average molecular weight is 387 g/mol. The number of non-ortho nitro benzene ring substituents is 1. The Kier molecular flexibility index (Phi) is 4.74. The van der Waals surface area contributed by atoms with Gasteiger partial charge in [-0.2, -0.15) is 0 Å². The van der Waals surface area contributed by atoms with Crippen molar-refractivity contribution in [2.75, 3.05) is 6.26 Å². The summed E-state index contributed by atoms with van der Waals surface area (Å²) in [7, 11) is -3.29. The van der Waals surface area contributed by atoms with Crippen molar-refractivity contribution in [1.29, 1.82) is 0 Å². The molecule has 0 atom stereocenters. The molecule has 0 aliphatic rings. The molecule has 0 bridgehead atoms. The van der Waals surface area contributed by atoms with Crippen LogP contribution in [-0.2, 0) is 9.84 Å². The van der Waals surface area contributed by atoms with Crippen molar-refractivity contribution in [3.63, 3.8) is 0 Å². The molecule has 1 heterocycles. The molecule has 3 aromatic rings. The summed E-state index contributed by atoms with van der Waals surface area (Å²) >= 11 is 0. The first-order valence-electron chi connectivity index (χ1n) is 7.55. The minimum atomic E-state index is -3.29. The standard InChI is InChI=1S/C17H13N3O6S/c1-27(24,25)15-8-2-12(3-9-15)16-10-19(11-18-16)17(21)26-14-6-4-13(5-7-14)20(22)23/h2-11H,1H3. The van der Waals surface area contributed by atoms with E-state index in [0.717, 1.165) is 10.8 Å². The Bertz CT molecular complexity index is 1100. The summed E-state index contributed by atoms with van der Waals surface area (Å²) in [6, 6.07) is 11.2. The number of aromatic nitrogens is 2. The highest BCUT2D eigenvalue weighted by Crippen LogP contribution is 2.21. The first-order chi connectivity index (χ1) is 12.7. The zero-order valence-electron chi connectivity index (χ0n) is 14.0. The van der Waals surface area contributed by atoms with Crippen molar-refractivity contribution in [3.05, 3.63) is 71.2 Å². The van der Waals surface area contributed by atoms with Crippen LogP contribution < -0.4 is 4.74 Å². The maximum atomic E-state index is 12.2. The fourth-order valence-electron chi connectivity index (χ4n) is 2.23. The summed E-state index contributed by atoms with van der Waals surface area (Å²) in [4.78, 5) is 26.5. The Balaban J connectivity index is 1.75. The Labute approximate surface area is 153 Å². The largest absolute Gasteiger partial charge is 0.424 e. The van der Waals surface area contributed by atoms with Crippen LogP contribution in [0.3, 0.4) is 0 Å². The predicted octanol–water partition coefficient (Wildman–Crippen LogP) is 2.91. The predicted molar refractivity (Wildman–Crippen MR) is 95.3 cm³/mol. The van der Waals surface area contributed by atoms with Gasteiger partial charge in [0.15, 0.2) is 9.84 Å². The molecule has 27 heavy (non-hydrogen) atoms. The van der Waals surface area contributed by atoms with Gasteiger partial charge in [0.05, 0.1) is 15.5 Å². The van der Waals surface area contributed by atoms with Crippen molar-refractivity contribution < 1.29 is 22.9 Å². The van der Waals surface area contributed by atoms with Crippen molar-refractivity contribution in [1.82, 2.24) is 9.55 Å². The molecule has 0 saturated heterocycles. The lowest BCUT2D eigenvalue weighted by Crippen LogP contribution is -2.14. The molecule has 3 rings (SSSR count). The van der Waals surface area contributed by atoms with Crippen molar-refractivity contribution >= 4 is 21.6 Å². The molecular weight excluding hydrogens is 374 g/mol. The number of hydrogen-bond donors (Lipinski definition) is 0. The Morgan fingerprint density at radius 3 is 2.30 bits per heavy atom. The summed E-state index contributed by atoms with van der Waals surface area (Å²) < 4.78 is 29.2. The Hall–Kier alpha value is -3.53. The molecule has 0 saturated carbocycles. The second-order valence-corrected chi connectivity index (χ2v) is 7.60. The number of hydrogen-bond acceptors (Lipinski definition) is 7. The van der Waals surface area contributed by atoms with E-state index in [1.54, 1.807) is 12.1 Å². The lowest BCUT2D eigenvalue weighted by molar-refractivity contribution is -0.384. The maximum absolute atomic E-state index is 12.2. The van der Waals surface area contributed by atoms with Crippen LogP contribution >= 0.6 is 0 Å². The number of benzene rings is 2. The lowest BCUT2D eigenvalue weighted by atomic mass is 10.2. The molecule has 0 spiro atoms. The molecule has 0 aliphatic heterocycles. The summed E-state index contributed by atoms with van der Waals surface area (Å²) in [6.07, 6.45) is 3.07. The summed E-state index contributed by atoms with van der Waals surface area (Å²) in [5.41, 5.74) is 0.970. The van der Waals surface area contributed by atoms with Gasteiger partial charge < -0.3 is 4.74 Å². The topological polar surface area (TPSA) is 121 Å². The van der Waals surface area contributed by atoms with E-state index in [-0.39, 0.29) is 16.3 Å². The summed E-state index contributed by atoms with van der Waals surface area (Å²) in [6.45, 7) is 0. The average Bonchev–Trinajstić information content (AvgIpc) is 3.12. The van der Waals surface area contributed by atoms with Crippen LogP contribution in [-0.4, -0.2) is 35.2 Å². The summed E-state index contributed by atoms with van der Waals surface area (Å²) in [5, 5.41) is 10.6. The molecular formula is C17H13N3O6S. The van der Waals surface area contributed by atoms with Gasteiger partial charge >= 0.3 is 6.09 Å². The van der Waals surface area contributed by atoms with E-state index in [1.807, 2.05) is 0 Å². The number of nitro benzene ring substituents is 1. The van der Waals surface area contributed by atoms with E-state index in [0.29, 0.717) is 11.3 Å². The zero-order chi connectivity index (χ0) is 19.6. The maximum Gasteiger partial charge on any atom is 0.424 e. The fraction of sp³-hybridized carbons (Fsp3) is 0.0588. The third-order valence-electron chi connectivity index (χ3n) is 3.62. The van der Waals surface area contributed by atoms with Crippen molar-refractivity contribution in [2.45, 2.75) is 4.90 Å². The Morgan fingerprint density at radius 1 is 1.11 bits per heavy atom. The number of rotatable bonds is 4. The molecule has 0 radical (unpaired) electrons. The second kappa shape index (κ2) is 7.00. The minimum absolute atomic E-state index is 0.114. The highest BCUT2D eigenvalue weighted by molar-refractivity contribution is 7.90. The van der Waals surface area contributed by atoms with Crippen LogP contribution in [0.1, 0.15) is 0 Å². The monoisotopic (exact) mass is 387 g/mol. The number of nitro groups is 1. The highest BCUT2D eigenvalue weighted by atomic mass is 32.2. The molecule has 0 aliphatic carbocycles. The molecule has 10 heteroatoms. The minimum Gasteiger partial charge on any atom is -0.410 e. The van der Waals surface area contributed by atoms with Gasteiger partial charge in [0, 0.05) is 30.1 Å². The van der Waals surface area contributed by atoms with Crippen LogP contribution in [0.5, 0.6) is 5.75 Å².